The van der Waals surface area contributed by atoms with Crippen molar-refractivity contribution in [3.63, 3.8) is 0 Å². The summed E-state index contributed by atoms with van der Waals surface area (Å²) in [5.74, 6) is 0.890. The fourth-order valence-corrected chi connectivity index (χ4v) is 2.25. The lowest BCUT2D eigenvalue weighted by molar-refractivity contribution is 0.0993. The van der Waals surface area contributed by atoms with E-state index in [2.05, 4.69) is 4.98 Å². The Morgan fingerprint density at radius 1 is 1.47 bits per heavy atom. The molecule has 0 fully saturated rings. The van der Waals surface area contributed by atoms with Crippen LogP contribution in [0.5, 0.6) is 5.75 Å². The molecule has 1 aromatic heterocycles. The molecule has 0 atom stereocenters. The molecule has 1 heterocycles. The molecular formula is C13H13NO2S. The summed E-state index contributed by atoms with van der Waals surface area (Å²) in [5, 5.41) is 2.73. The summed E-state index contributed by atoms with van der Waals surface area (Å²) in [5.41, 5.74) is 1.68. The van der Waals surface area contributed by atoms with Crippen LogP contribution in [-0.2, 0) is 6.42 Å². The third kappa shape index (κ3) is 2.71. The topological polar surface area (TPSA) is 39.2 Å². The lowest BCUT2D eigenvalue weighted by atomic mass is 10.1. The lowest BCUT2D eigenvalue weighted by Crippen LogP contribution is -2.03. The molecular weight excluding hydrogens is 234 g/mol. The van der Waals surface area contributed by atoms with Crippen molar-refractivity contribution in [2.75, 3.05) is 7.11 Å². The Bertz CT molecular complexity index is 520. The van der Waals surface area contributed by atoms with E-state index in [0.29, 0.717) is 12.0 Å². The molecule has 0 aliphatic rings. The average molecular weight is 247 g/mol. The highest BCUT2D eigenvalue weighted by Gasteiger charge is 2.10. The standard InChI is InChI=1S/C13H13NO2S/c1-9-7-10(3-4-12(9)16-2)11(15)8-13-14-5-6-17-13/h3-7H,8H2,1-2H3. The number of thiazole rings is 1. The zero-order chi connectivity index (χ0) is 12.3. The van der Waals surface area contributed by atoms with Crippen molar-refractivity contribution < 1.29 is 9.53 Å². The number of nitrogens with zero attached hydrogens (tertiary/aromatic N) is 1. The van der Waals surface area contributed by atoms with Crippen molar-refractivity contribution in [3.05, 3.63) is 45.9 Å². The second-order valence-electron chi connectivity index (χ2n) is 3.71. The molecule has 0 saturated carbocycles. The second-order valence-corrected chi connectivity index (χ2v) is 4.69. The van der Waals surface area contributed by atoms with Crippen LogP contribution in [0.1, 0.15) is 20.9 Å². The monoisotopic (exact) mass is 247 g/mol. The van der Waals surface area contributed by atoms with E-state index in [1.807, 2.05) is 24.4 Å². The highest BCUT2D eigenvalue weighted by Crippen LogP contribution is 2.19. The minimum absolute atomic E-state index is 0.0886. The number of ether oxygens (including phenoxy) is 1. The zero-order valence-corrected chi connectivity index (χ0v) is 10.6. The van der Waals surface area contributed by atoms with Crippen molar-refractivity contribution in [2.45, 2.75) is 13.3 Å². The number of benzene rings is 1. The van der Waals surface area contributed by atoms with Gasteiger partial charge in [-0.25, -0.2) is 4.98 Å². The number of ketones is 1. The number of methoxy groups -OCH3 is 1. The third-order valence-corrected chi connectivity index (χ3v) is 3.29. The summed E-state index contributed by atoms with van der Waals surface area (Å²) in [7, 11) is 1.62. The van der Waals surface area contributed by atoms with E-state index in [1.165, 1.54) is 11.3 Å². The maximum absolute atomic E-state index is 12.0. The molecule has 17 heavy (non-hydrogen) atoms. The Labute approximate surface area is 104 Å². The van der Waals surface area contributed by atoms with Crippen LogP contribution in [0.4, 0.5) is 0 Å². The van der Waals surface area contributed by atoms with Gasteiger partial charge >= 0.3 is 0 Å². The number of carbonyl (C=O) groups is 1. The molecule has 2 aromatic rings. The molecule has 0 aliphatic carbocycles. The van der Waals surface area contributed by atoms with Crippen LogP contribution in [-0.4, -0.2) is 17.9 Å². The van der Waals surface area contributed by atoms with Crippen LogP contribution in [0.25, 0.3) is 0 Å². The second kappa shape index (κ2) is 5.10. The number of aryl methyl sites for hydroxylation is 1. The number of aromatic nitrogens is 1. The van der Waals surface area contributed by atoms with Gasteiger partial charge in [0, 0.05) is 17.1 Å². The van der Waals surface area contributed by atoms with E-state index in [-0.39, 0.29) is 5.78 Å². The van der Waals surface area contributed by atoms with Gasteiger partial charge in [-0.05, 0) is 30.7 Å². The van der Waals surface area contributed by atoms with E-state index >= 15 is 0 Å². The maximum atomic E-state index is 12.0. The predicted molar refractivity (Wildman–Crippen MR) is 67.9 cm³/mol. The normalized spacial score (nSPS) is 10.2. The van der Waals surface area contributed by atoms with E-state index < -0.39 is 0 Å². The minimum atomic E-state index is 0.0886. The van der Waals surface area contributed by atoms with Gasteiger partial charge in [0.15, 0.2) is 5.78 Å². The molecule has 88 valence electrons. The molecule has 0 amide bonds. The molecule has 0 saturated heterocycles. The number of rotatable bonds is 4. The first-order valence-corrected chi connectivity index (χ1v) is 6.15. The van der Waals surface area contributed by atoms with E-state index in [4.69, 9.17) is 4.74 Å². The summed E-state index contributed by atoms with van der Waals surface area (Å²) < 4.78 is 5.16. The summed E-state index contributed by atoms with van der Waals surface area (Å²) in [6, 6.07) is 5.47. The fourth-order valence-electron chi connectivity index (χ4n) is 1.63. The van der Waals surface area contributed by atoms with Crippen molar-refractivity contribution in [1.82, 2.24) is 4.98 Å². The Morgan fingerprint density at radius 2 is 2.29 bits per heavy atom. The average Bonchev–Trinajstić information content (AvgIpc) is 2.81. The Kier molecular flexibility index (Phi) is 3.54. The first-order valence-electron chi connectivity index (χ1n) is 5.27. The number of hydrogen-bond donors (Lipinski definition) is 0. The Balaban J connectivity index is 2.17. The van der Waals surface area contributed by atoms with Crippen molar-refractivity contribution in [2.24, 2.45) is 0 Å². The molecule has 0 spiro atoms. The molecule has 0 N–H and O–H groups in total. The van der Waals surface area contributed by atoms with Crippen LogP contribution in [0.2, 0.25) is 0 Å². The fraction of sp³-hybridized carbons (Fsp3) is 0.231. The van der Waals surface area contributed by atoms with Crippen molar-refractivity contribution >= 4 is 17.1 Å². The SMILES string of the molecule is COc1ccc(C(=O)Cc2nccs2)cc1C. The first-order chi connectivity index (χ1) is 8.20. The first kappa shape index (κ1) is 11.8. The minimum Gasteiger partial charge on any atom is -0.496 e. The summed E-state index contributed by atoms with van der Waals surface area (Å²) in [4.78, 5) is 16.1. The van der Waals surface area contributed by atoms with Gasteiger partial charge < -0.3 is 4.74 Å². The quantitative estimate of drug-likeness (QED) is 0.780. The summed E-state index contributed by atoms with van der Waals surface area (Å²) >= 11 is 1.50. The van der Waals surface area contributed by atoms with Gasteiger partial charge in [0.2, 0.25) is 0 Å². The van der Waals surface area contributed by atoms with Crippen molar-refractivity contribution in [1.29, 1.82) is 0 Å². The summed E-state index contributed by atoms with van der Waals surface area (Å²) in [6.45, 7) is 1.93. The third-order valence-electron chi connectivity index (χ3n) is 2.51. The van der Waals surface area contributed by atoms with Crippen molar-refractivity contribution in [3.8, 4) is 5.75 Å². The van der Waals surface area contributed by atoms with Crippen LogP contribution in [0, 0.1) is 6.92 Å². The molecule has 0 unspecified atom stereocenters. The van der Waals surface area contributed by atoms with Gasteiger partial charge in [-0.2, -0.15) is 0 Å². The molecule has 3 nitrogen and oxygen atoms in total. The van der Waals surface area contributed by atoms with Gasteiger partial charge in [-0.1, -0.05) is 0 Å². The lowest BCUT2D eigenvalue weighted by Gasteiger charge is -2.06. The van der Waals surface area contributed by atoms with Crippen LogP contribution < -0.4 is 4.74 Å². The van der Waals surface area contributed by atoms with Gasteiger partial charge in [0.05, 0.1) is 13.5 Å². The van der Waals surface area contributed by atoms with Crippen LogP contribution in [0.15, 0.2) is 29.8 Å². The van der Waals surface area contributed by atoms with Gasteiger partial charge in [0.25, 0.3) is 0 Å². The van der Waals surface area contributed by atoms with Gasteiger partial charge in [0.1, 0.15) is 10.8 Å². The molecule has 1 aromatic carbocycles. The maximum Gasteiger partial charge on any atom is 0.169 e. The molecule has 2 rings (SSSR count). The molecule has 0 bridgehead atoms. The highest BCUT2D eigenvalue weighted by molar-refractivity contribution is 7.09. The predicted octanol–water partition coefficient (Wildman–Crippen LogP) is 2.89. The van der Waals surface area contributed by atoms with Crippen LogP contribution in [0.3, 0.4) is 0 Å². The zero-order valence-electron chi connectivity index (χ0n) is 9.77. The van der Waals surface area contributed by atoms with E-state index in [1.54, 1.807) is 19.4 Å². The van der Waals surface area contributed by atoms with E-state index in [9.17, 15) is 4.79 Å². The molecule has 0 radical (unpaired) electrons. The van der Waals surface area contributed by atoms with E-state index in [0.717, 1.165) is 16.3 Å². The molecule has 0 aliphatic heterocycles. The Morgan fingerprint density at radius 3 is 2.88 bits per heavy atom. The number of Topliss-reactive ketones (excluding diaryl/α,β-unsaturated/α-hetero) is 1. The Hall–Kier alpha value is -1.68. The number of carbonyl (C=O) groups excluding carboxylic acids is 1. The largest absolute Gasteiger partial charge is 0.496 e. The summed E-state index contributed by atoms with van der Waals surface area (Å²) in [6.07, 6.45) is 2.08. The number of hydrogen-bond acceptors (Lipinski definition) is 4. The van der Waals surface area contributed by atoms with Crippen LogP contribution >= 0.6 is 11.3 Å². The van der Waals surface area contributed by atoms with Gasteiger partial charge in [-0.3, -0.25) is 4.79 Å². The highest BCUT2D eigenvalue weighted by atomic mass is 32.1. The smallest absolute Gasteiger partial charge is 0.169 e. The molecule has 4 heteroatoms. The van der Waals surface area contributed by atoms with Gasteiger partial charge in [-0.15, -0.1) is 11.3 Å².